The summed E-state index contributed by atoms with van der Waals surface area (Å²) in [4.78, 5) is 4.16. The molecule has 1 aromatic carbocycles. The smallest absolute Gasteiger partial charge is 0.137 e. The minimum Gasteiger partial charge on any atom is -0.495 e. The highest BCUT2D eigenvalue weighted by Crippen LogP contribution is 2.33. The highest BCUT2D eigenvalue weighted by molar-refractivity contribution is 6.42. The van der Waals surface area contributed by atoms with Gasteiger partial charge in [-0.1, -0.05) is 35.3 Å². The average Bonchev–Trinajstić information content (AvgIpc) is 2.44. The number of hydrogen-bond acceptors (Lipinski definition) is 3. The summed E-state index contributed by atoms with van der Waals surface area (Å²) in [7, 11) is 3.48. The molecule has 0 aliphatic heterocycles. The Morgan fingerprint density at radius 3 is 2.74 bits per heavy atom. The predicted octanol–water partition coefficient (Wildman–Crippen LogP) is 3.71. The van der Waals surface area contributed by atoms with Crippen LogP contribution < -0.4 is 10.1 Å². The zero-order chi connectivity index (χ0) is 13.8. The lowest BCUT2D eigenvalue weighted by Crippen LogP contribution is -2.18. The average molecular weight is 297 g/mol. The first-order valence-corrected chi connectivity index (χ1v) is 6.53. The summed E-state index contributed by atoms with van der Waals surface area (Å²) in [6.45, 7) is 0. The van der Waals surface area contributed by atoms with Crippen molar-refractivity contribution in [2.24, 2.45) is 0 Å². The van der Waals surface area contributed by atoms with Crippen molar-refractivity contribution in [3.8, 4) is 5.75 Å². The molecule has 0 spiro atoms. The minimum absolute atomic E-state index is 0.0891. The summed E-state index contributed by atoms with van der Waals surface area (Å²) < 4.78 is 5.19. The Kier molecular flexibility index (Phi) is 4.64. The van der Waals surface area contributed by atoms with Crippen LogP contribution in [0.1, 0.15) is 17.2 Å². The van der Waals surface area contributed by atoms with Crippen LogP contribution in [-0.2, 0) is 0 Å². The summed E-state index contributed by atoms with van der Waals surface area (Å²) in [6.07, 6.45) is 3.44. The van der Waals surface area contributed by atoms with Gasteiger partial charge in [-0.3, -0.25) is 4.98 Å². The molecule has 0 radical (unpaired) electrons. The second-order valence-corrected chi connectivity index (χ2v) is 4.81. The van der Waals surface area contributed by atoms with Crippen molar-refractivity contribution in [3.63, 3.8) is 0 Å². The maximum Gasteiger partial charge on any atom is 0.137 e. The first kappa shape index (κ1) is 14.1. The van der Waals surface area contributed by atoms with Crippen molar-refractivity contribution in [2.45, 2.75) is 6.04 Å². The summed E-state index contributed by atoms with van der Waals surface area (Å²) in [6, 6.07) is 7.42. The molecule has 0 saturated heterocycles. The van der Waals surface area contributed by atoms with Crippen LogP contribution in [0, 0.1) is 0 Å². The lowest BCUT2D eigenvalue weighted by Gasteiger charge is -2.19. The largest absolute Gasteiger partial charge is 0.495 e. The molecule has 0 bridgehead atoms. The van der Waals surface area contributed by atoms with Gasteiger partial charge in [0.05, 0.1) is 29.4 Å². The van der Waals surface area contributed by atoms with E-state index in [0.29, 0.717) is 15.8 Å². The molecule has 3 nitrogen and oxygen atoms in total. The van der Waals surface area contributed by atoms with E-state index in [4.69, 9.17) is 27.9 Å². The first-order valence-electron chi connectivity index (χ1n) is 5.77. The van der Waals surface area contributed by atoms with Crippen LogP contribution in [0.2, 0.25) is 10.0 Å². The van der Waals surface area contributed by atoms with E-state index < -0.39 is 0 Å². The Bertz CT molecular complexity index is 575. The van der Waals surface area contributed by atoms with E-state index in [-0.39, 0.29) is 6.04 Å². The molecule has 2 aromatic rings. The van der Waals surface area contributed by atoms with Gasteiger partial charge in [0.2, 0.25) is 0 Å². The molecule has 0 aliphatic carbocycles. The number of hydrogen-bond donors (Lipinski definition) is 1. The third-order valence-corrected chi connectivity index (χ3v) is 3.72. The molecular formula is C14H14Cl2N2O. The number of nitrogens with zero attached hydrogens (tertiary/aromatic N) is 1. The van der Waals surface area contributed by atoms with Gasteiger partial charge in [0, 0.05) is 6.20 Å². The molecule has 0 aliphatic rings. The molecule has 0 fully saturated rings. The quantitative estimate of drug-likeness (QED) is 0.934. The molecule has 2 rings (SSSR count). The number of methoxy groups -OCH3 is 1. The number of rotatable bonds is 4. The normalized spacial score (nSPS) is 12.2. The van der Waals surface area contributed by atoms with E-state index in [1.807, 2.05) is 25.2 Å². The van der Waals surface area contributed by atoms with Gasteiger partial charge in [0.15, 0.2) is 0 Å². The zero-order valence-electron chi connectivity index (χ0n) is 10.7. The number of aromatic nitrogens is 1. The molecule has 1 unspecified atom stereocenters. The fourth-order valence-corrected chi connectivity index (χ4v) is 2.37. The maximum absolute atomic E-state index is 6.27. The highest BCUT2D eigenvalue weighted by Gasteiger charge is 2.17. The Labute approximate surface area is 122 Å². The van der Waals surface area contributed by atoms with Crippen LogP contribution in [0.4, 0.5) is 0 Å². The fraction of sp³-hybridized carbons (Fsp3) is 0.214. The molecule has 5 heteroatoms. The van der Waals surface area contributed by atoms with Crippen molar-refractivity contribution in [1.29, 1.82) is 0 Å². The van der Waals surface area contributed by atoms with Gasteiger partial charge >= 0.3 is 0 Å². The molecule has 100 valence electrons. The molecular weight excluding hydrogens is 283 g/mol. The molecule has 1 aromatic heterocycles. The molecule has 0 saturated carbocycles. The third-order valence-electron chi connectivity index (χ3n) is 2.88. The topological polar surface area (TPSA) is 34.2 Å². The van der Waals surface area contributed by atoms with Gasteiger partial charge in [0.25, 0.3) is 0 Å². The van der Waals surface area contributed by atoms with Crippen LogP contribution >= 0.6 is 23.2 Å². The molecule has 19 heavy (non-hydrogen) atoms. The predicted molar refractivity (Wildman–Crippen MR) is 78.2 cm³/mol. The van der Waals surface area contributed by atoms with Gasteiger partial charge in [0.1, 0.15) is 5.75 Å². The van der Waals surface area contributed by atoms with E-state index in [9.17, 15) is 0 Å². The van der Waals surface area contributed by atoms with Gasteiger partial charge < -0.3 is 10.1 Å². The standard InChI is InChI=1S/C14H14Cl2N2O/c1-17-14(9-6-10(19-2)8-18-7-9)11-4-3-5-12(15)13(11)16/h3-8,14,17H,1-2H3. The van der Waals surface area contributed by atoms with E-state index in [1.165, 1.54) is 0 Å². The SMILES string of the molecule is CNC(c1cncc(OC)c1)c1cccc(Cl)c1Cl. The number of nitrogens with one attached hydrogen (secondary N) is 1. The second kappa shape index (κ2) is 6.24. The number of pyridine rings is 1. The minimum atomic E-state index is -0.0891. The van der Waals surface area contributed by atoms with Gasteiger partial charge in [-0.25, -0.2) is 0 Å². The Morgan fingerprint density at radius 1 is 1.26 bits per heavy atom. The number of benzene rings is 1. The Hall–Kier alpha value is -1.29. The van der Waals surface area contributed by atoms with Crippen LogP contribution in [0.5, 0.6) is 5.75 Å². The highest BCUT2D eigenvalue weighted by atomic mass is 35.5. The van der Waals surface area contributed by atoms with E-state index >= 15 is 0 Å². The molecule has 1 N–H and O–H groups in total. The van der Waals surface area contributed by atoms with Crippen molar-refractivity contribution < 1.29 is 4.74 Å². The zero-order valence-corrected chi connectivity index (χ0v) is 12.2. The summed E-state index contributed by atoms with van der Waals surface area (Å²) >= 11 is 12.3. The van der Waals surface area contributed by atoms with Gasteiger partial charge in [-0.15, -0.1) is 0 Å². The van der Waals surface area contributed by atoms with Gasteiger partial charge in [-0.2, -0.15) is 0 Å². The Balaban J connectivity index is 2.46. The summed E-state index contributed by atoms with van der Waals surface area (Å²) in [5.74, 6) is 0.705. The van der Waals surface area contributed by atoms with Crippen LogP contribution in [0.3, 0.4) is 0 Å². The summed E-state index contributed by atoms with van der Waals surface area (Å²) in [5.41, 5.74) is 1.87. The number of ether oxygens (including phenoxy) is 1. The first-order chi connectivity index (χ1) is 9.17. The van der Waals surface area contributed by atoms with E-state index in [0.717, 1.165) is 11.1 Å². The van der Waals surface area contributed by atoms with Crippen molar-refractivity contribution >= 4 is 23.2 Å². The molecule has 0 amide bonds. The van der Waals surface area contributed by atoms with Crippen LogP contribution in [-0.4, -0.2) is 19.1 Å². The lowest BCUT2D eigenvalue weighted by atomic mass is 10.00. The second-order valence-electron chi connectivity index (χ2n) is 4.02. The van der Waals surface area contributed by atoms with Crippen LogP contribution in [0.25, 0.3) is 0 Å². The fourth-order valence-electron chi connectivity index (χ4n) is 1.95. The van der Waals surface area contributed by atoms with E-state index in [1.54, 1.807) is 25.6 Å². The van der Waals surface area contributed by atoms with E-state index in [2.05, 4.69) is 10.3 Å². The monoisotopic (exact) mass is 296 g/mol. The molecule has 1 atom stereocenters. The van der Waals surface area contributed by atoms with Crippen molar-refractivity contribution in [2.75, 3.05) is 14.2 Å². The molecule has 1 heterocycles. The third kappa shape index (κ3) is 3.00. The lowest BCUT2D eigenvalue weighted by molar-refractivity contribution is 0.411. The van der Waals surface area contributed by atoms with Crippen molar-refractivity contribution in [3.05, 3.63) is 57.8 Å². The maximum atomic E-state index is 6.27. The number of halogens is 2. The van der Waals surface area contributed by atoms with Crippen molar-refractivity contribution in [1.82, 2.24) is 10.3 Å². The Morgan fingerprint density at radius 2 is 2.05 bits per heavy atom. The van der Waals surface area contributed by atoms with Crippen LogP contribution in [0.15, 0.2) is 36.7 Å². The van der Waals surface area contributed by atoms with Gasteiger partial charge in [-0.05, 0) is 30.3 Å². The summed E-state index contributed by atoms with van der Waals surface area (Å²) in [5, 5.41) is 4.30.